The minimum absolute atomic E-state index is 0.00461. The summed E-state index contributed by atoms with van der Waals surface area (Å²) in [6.07, 6.45) is -0.0941. The van der Waals surface area contributed by atoms with E-state index in [1.807, 2.05) is 38.1 Å². The molecule has 0 aliphatic heterocycles. The van der Waals surface area contributed by atoms with Gasteiger partial charge in [0.15, 0.2) is 0 Å². The number of para-hydroxylation sites is 1. The van der Waals surface area contributed by atoms with Crippen LogP contribution in [0.1, 0.15) is 32.8 Å². The Kier molecular flexibility index (Phi) is 7.03. The number of nitrogens with one attached hydrogen (secondary N) is 1. The van der Waals surface area contributed by atoms with Crippen molar-refractivity contribution in [2.45, 2.75) is 45.3 Å². The van der Waals surface area contributed by atoms with E-state index in [4.69, 9.17) is 14.6 Å². The molecule has 1 atom stereocenters. The van der Waals surface area contributed by atoms with Crippen LogP contribution in [0.3, 0.4) is 0 Å². The highest BCUT2D eigenvalue weighted by Crippen LogP contribution is 2.20. The number of ether oxygens (including phenoxy) is 2. The summed E-state index contributed by atoms with van der Waals surface area (Å²) in [4.78, 5) is 23.3. The van der Waals surface area contributed by atoms with Crippen LogP contribution in [0.4, 0.5) is 0 Å². The van der Waals surface area contributed by atoms with Crippen molar-refractivity contribution in [2.24, 2.45) is 0 Å². The Hall–Kier alpha value is -2.08. The van der Waals surface area contributed by atoms with Gasteiger partial charge in [-0.1, -0.05) is 18.2 Å². The largest absolute Gasteiger partial charge is 0.491 e. The third kappa shape index (κ3) is 6.69. The van der Waals surface area contributed by atoms with E-state index < -0.39 is 11.5 Å². The highest BCUT2D eigenvalue weighted by molar-refractivity contribution is 5.81. The van der Waals surface area contributed by atoms with Crippen molar-refractivity contribution in [3.05, 3.63) is 29.8 Å². The minimum atomic E-state index is -0.992. The topological polar surface area (TPSA) is 84.9 Å². The molecule has 0 bridgehead atoms. The first-order valence-corrected chi connectivity index (χ1v) is 7.52. The average Bonchev–Trinajstić information content (AvgIpc) is 2.39. The maximum Gasteiger partial charge on any atom is 0.305 e. The molecule has 0 radical (unpaired) electrons. The maximum atomic E-state index is 12.3. The summed E-state index contributed by atoms with van der Waals surface area (Å²) in [6, 6.07) is 7.32. The van der Waals surface area contributed by atoms with E-state index in [1.54, 1.807) is 6.92 Å². The van der Waals surface area contributed by atoms with Crippen molar-refractivity contribution in [1.82, 2.24) is 5.32 Å². The minimum Gasteiger partial charge on any atom is -0.491 e. The number of carboxylic acid groups (broad SMARTS) is 1. The fourth-order valence-corrected chi connectivity index (χ4v) is 2.36. The van der Waals surface area contributed by atoms with Gasteiger partial charge in [0.05, 0.1) is 31.1 Å². The molecule has 0 saturated carbocycles. The van der Waals surface area contributed by atoms with E-state index in [2.05, 4.69) is 5.32 Å². The Labute approximate surface area is 136 Å². The molecule has 2 N–H and O–H groups in total. The van der Waals surface area contributed by atoms with E-state index in [9.17, 15) is 9.59 Å². The number of amides is 1. The third-order valence-corrected chi connectivity index (χ3v) is 3.13. The first-order valence-electron chi connectivity index (χ1n) is 7.52. The van der Waals surface area contributed by atoms with E-state index >= 15 is 0 Å². The van der Waals surface area contributed by atoms with Gasteiger partial charge in [0.1, 0.15) is 5.75 Å². The molecule has 23 heavy (non-hydrogen) atoms. The number of aliphatic carboxylic acids is 1. The SMILES string of the molecule is COCC(C)(CC(=O)O)NC(=O)Cc1ccccc1OC(C)C. The number of hydrogen-bond acceptors (Lipinski definition) is 4. The van der Waals surface area contributed by atoms with Gasteiger partial charge >= 0.3 is 5.97 Å². The number of benzene rings is 1. The lowest BCUT2D eigenvalue weighted by Crippen LogP contribution is -2.51. The van der Waals surface area contributed by atoms with Gasteiger partial charge in [0.2, 0.25) is 5.91 Å². The standard InChI is InChI=1S/C17H25NO5/c1-12(2)23-14-8-6-5-7-13(14)9-15(19)18-17(3,11-22-4)10-16(20)21/h5-8,12H,9-11H2,1-4H3,(H,18,19)(H,20,21). The molecule has 1 rings (SSSR count). The van der Waals surface area contributed by atoms with Crippen molar-refractivity contribution >= 4 is 11.9 Å². The quantitative estimate of drug-likeness (QED) is 0.726. The van der Waals surface area contributed by atoms with Crippen LogP contribution in [0.5, 0.6) is 5.75 Å². The Morgan fingerprint density at radius 2 is 1.96 bits per heavy atom. The van der Waals surface area contributed by atoms with Crippen LogP contribution in [0, 0.1) is 0 Å². The zero-order chi connectivity index (χ0) is 17.5. The predicted molar refractivity (Wildman–Crippen MR) is 86.6 cm³/mol. The lowest BCUT2D eigenvalue weighted by atomic mass is 9.98. The van der Waals surface area contributed by atoms with E-state index in [1.165, 1.54) is 7.11 Å². The third-order valence-electron chi connectivity index (χ3n) is 3.13. The van der Waals surface area contributed by atoms with E-state index in [0.29, 0.717) is 5.75 Å². The van der Waals surface area contributed by atoms with Crippen LogP contribution in [0.15, 0.2) is 24.3 Å². The summed E-state index contributed by atoms with van der Waals surface area (Å²) >= 11 is 0. The molecule has 0 heterocycles. The molecule has 0 aliphatic carbocycles. The molecule has 0 aliphatic rings. The van der Waals surface area contributed by atoms with Gasteiger partial charge in [-0.2, -0.15) is 0 Å². The van der Waals surface area contributed by atoms with Crippen LogP contribution >= 0.6 is 0 Å². The molecule has 0 spiro atoms. The summed E-state index contributed by atoms with van der Waals surface area (Å²) in [6.45, 7) is 5.60. The number of rotatable bonds is 9. The Morgan fingerprint density at radius 3 is 2.52 bits per heavy atom. The molecule has 0 fully saturated rings. The Balaban J connectivity index is 2.80. The molecule has 128 valence electrons. The van der Waals surface area contributed by atoms with E-state index in [-0.39, 0.29) is 31.5 Å². The predicted octanol–water partition coefficient (Wildman–Crippen LogP) is 2.01. The van der Waals surface area contributed by atoms with Gasteiger partial charge in [-0.05, 0) is 26.8 Å². The first-order chi connectivity index (χ1) is 10.8. The highest BCUT2D eigenvalue weighted by Gasteiger charge is 2.29. The van der Waals surface area contributed by atoms with Crippen LogP contribution in [-0.2, 0) is 20.7 Å². The lowest BCUT2D eigenvalue weighted by molar-refractivity contribution is -0.139. The summed E-state index contributed by atoms with van der Waals surface area (Å²) in [5.74, 6) is -0.608. The summed E-state index contributed by atoms with van der Waals surface area (Å²) < 4.78 is 10.7. The molecule has 1 unspecified atom stereocenters. The fraction of sp³-hybridized carbons (Fsp3) is 0.529. The second-order valence-corrected chi connectivity index (χ2v) is 6.06. The normalized spacial score (nSPS) is 13.4. The second kappa shape index (κ2) is 8.53. The van der Waals surface area contributed by atoms with Gasteiger partial charge in [-0.15, -0.1) is 0 Å². The summed E-state index contributed by atoms with van der Waals surface area (Å²) in [7, 11) is 1.47. The zero-order valence-corrected chi connectivity index (χ0v) is 14.1. The van der Waals surface area contributed by atoms with Gasteiger partial charge in [0, 0.05) is 12.7 Å². The smallest absolute Gasteiger partial charge is 0.305 e. The van der Waals surface area contributed by atoms with Gasteiger partial charge in [-0.25, -0.2) is 0 Å². The molecule has 0 saturated heterocycles. The monoisotopic (exact) mass is 323 g/mol. The molecule has 0 aromatic heterocycles. The number of carbonyl (C=O) groups is 2. The van der Waals surface area contributed by atoms with Crippen molar-refractivity contribution in [3.8, 4) is 5.75 Å². The Bertz CT molecular complexity index is 544. The maximum absolute atomic E-state index is 12.3. The zero-order valence-electron chi connectivity index (χ0n) is 14.1. The van der Waals surface area contributed by atoms with Crippen molar-refractivity contribution in [2.75, 3.05) is 13.7 Å². The number of hydrogen-bond donors (Lipinski definition) is 2. The van der Waals surface area contributed by atoms with Gasteiger partial charge in [0.25, 0.3) is 0 Å². The lowest BCUT2D eigenvalue weighted by Gasteiger charge is -2.28. The molecule has 1 aromatic carbocycles. The number of carbonyl (C=O) groups excluding carboxylic acids is 1. The molecular formula is C17H25NO5. The van der Waals surface area contributed by atoms with Crippen LogP contribution in [-0.4, -0.2) is 42.3 Å². The van der Waals surface area contributed by atoms with Crippen molar-refractivity contribution in [1.29, 1.82) is 0 Å². The molecule has 1 amide bonds. The summed E-state index contributed by atoms with van der Waals surface area (Å²) in [5.41, 5.74) is -0.195. The van der Waals surface area contributed by atoms with Gasteiger partial charge < -0.3 is 19.9 Å². The van der Waals surface area contributed by atoms with Gasteiger partial charge in [-0.3, -0.25) is 9.59 Å². The van der Waals surface area contributed by atoms with E-state index in [0.717, 1.165) is 5.56 Å². The van der Waals surface area contributed by atoms with Crippen molar-refractivity contribution < 1.29 is 24.2 Å². The van der Waals surface area contributed by atoms with Crippen LogP contribution in [0.25, 0.3) is 0 Å². The molecule has 6 heteroatoms. The molecular weight excluding hydrogens is 298 g/mol. The van der Waals surface area contributed by atoms with Crippen molar-refractivity contribution in [3.63, 3.8) is 0 Å². The first kappa shape index (κ1) is 19.0. The molecule has 6 nitrogen and oxygen atoms in total. The highest BCUT2D eigenvalue weighted by atomic mass is 16.5. The second-order valence-electron chi connectivity index (χ2n) is 6.06. The Morgan fingerprint density at radius 1 is 1.30 bits per heavy atom. The van der Waals surface area contributed by atoms with Crippen LogP contribution in [0.2, 0.25) is 0 Å². The number of methoxy groups -OCH3 is 1. The molecule has 1 aromatic rings. The number of carboxylic acids is 1. The average molecular weight is 323 g/mol. The summed E-state index contributed by atoms with van der Waals surface area (Å²) in [5, 5.41) is 11.7. The fourth-order valence-electron chi connectivity index (χ4n) is 2.36. The van der Waals surface area contributed by atoms with Crippen LogP contribution < -0.4 is 10.1 Å².